The highest BCUT2D eigenvalue weighted by Crippen LogP contribution is 2.19. The van der Waals surface area contributed by atoms with Crippen LogP contribution in [0.4, 0.5) is 0 Å². The highest BCUT2D eigenvalue weighted by atomic mass is 16.5. The van der Waals surface area contributed by atoms with Crippen LogP contribution in [0.5, 0.6) is 5.75 Å². The van der Waals surface area contributed by atoms with Crippen molar-refractivity contribution in [1.29, 1.82) is 0 Å². The van der Waals surface area contributed by atoms with Crippen LogP contribution in [0.1, 0.15) is 31.1 Å². The molecule has 1 aromatic rings. The summed E-state index contributed by atoms with van der Waals surface area (Å²) in [6, 6.07) is 7.38. The molecule has 0 aliphatic heterocycles. The number of ether oxygens (including phenoxy) is 1. The van der Waals surface area contributed by atoms with Gasteiger partial charge in [-0.1, -0.05) is 12.1 Å². The zero-order chi connectivity index (χ0) is 12.0. The number of rotatable bonds is 5. The number of para-hydroxylation sites is 1. The lowest BCUT2D eigenvalue weighted by Gasteiger charge is -2.20. The van der Waals surface area contributed by atoms with E-state index in [1.807, 2.05) is 45.0 Å². The Morgan fingerprint density at radius 2 is 1.81 bits per heavy atom. The second-order valence-electron chi connectivity index (χ2n) is 3.41. The Morgan fingerprint density at radius 3 is 2.38 bits per heavy atom. The Hall–Kier alpha value is -1.51. The fourth-order valence-electron chi connectivity index (χ4n) is 1.61. The minimum atomic E-state index is 0.0362. The zero-order valence-electron chi connectivity index (χ0n) is 10.2. The number of hydrogen-bond acceptors (Lipinski definition) is 2. The summed E-state index contributed by atoms with van der Waals surface area (Å²) in [6.07, 6.45) is 0. The third kappa shape index (κ3) is 2.75. The number of carbonyl (C=O) groups excluding carboxylic acids is 1. The molecule has 0 radical (unpaired) electrons. The van der Waals surface area contributed by atoms with Crippen LogP contribution in [0.15, 0.2) is 24.3 Å². The van der Waals surface area contributed by atoms with Gasteiger partial charge >= 0.3 is 0 Å². The number of benzene rings is 1. The van der Waals surface area contributed by atoms with Crippen LogP contribution < -0.4 is 4.74 Å². The first-order chi connectivity index (χ1) is 7.74. The van der Waals surface area contributed by atoms with Gasteiger partial charge in [0.15, 0.2) is 0 Å². The van der Waals surface area contributed by atoms with E-state index >= 15 is 0 Å². The molecule has 0 N–H and O–H groups in total. The van der Waals surface area contributed by atoms with Crippen molar-refractivity contribution in [3.8, 4) is 5.75 Å². The first-order valence-corrected chi connectivity index (χ1v) is 5.75. The van der Waals surface area contributed by atoms with E-state index < -0.39 is 0 Å². The highest BCUT2D eigenvalue weighted by Gasteiger charge is 2.16. The van der Waals surface area contributed by atoms with Crippen molar-refractivity contribution < 1.29 is 9.53 Å². The first kappa shape index (κ1) is 12.6. The van der Waals surface area contributed by atoms with Crippen molar-refractivity contribution in [3.05, 3.63) is 29.8 Å². The molecule has 0 saturated carbocycles. The number of nitrogens with zero attached hydrogens (tertiary/aromatic N) is 1. The molecule has 0 aliphatic rings. The molecule has 3 heteroatoms. The predicted octanol–water partition coefficient (Wildman–Crippen LogP) is 2.57. The normalized spacial score (nSPS) is 9.94. The quantitative estimate of drug-likeness (QED) is 0.764. The molecule has 0 unspecified atom stereocenters. The fraction of sp³-hybridized carbons (Fsp3) is 0.462. The van der Waals surface area contributed by atoms with Crippen molar-refractivity contribution in [2.24, 2.45) is 0 Å². The highest BCUT2D eigenvalue weighted by molar-refractivity contribution is 5.96. The topological polar surface area (TPSA) is 29.5 Å². The van der Waals surface area contributed by atoms with Crippen LogP contribution in [0.2, 0.25) is 0 Å². The number of carbonyl (C=O) groups is 1. The smallest absolute Gasteiger partial charge is 0.257 e. The van der Waals surface area contributed by atoms with Crippen molar-refractivity contribution in [3.63, 3.8) is 0 Å². The molecule has 1 rings (SSSR count). The lowest BCUT2D eigenvalue weighted by Crippen LogP contribution is -2.30. The Morgan fingerprint density at radius 1 is 1.19 bits per heavy atom. The van der Waals surface area contributed by atoms with Crippen LogP contribution in [-0.4, -0.2) is 30.5 Å². The molecule has 0 bridgehead atoms. The average molecular weight is 221 g/mol. The third-order valence-corrected chi connectivity index (χ3v) is 2.47. The van der Waals surface area contributed by atoms with Crippen LogP contribution >= 0.6 is 0 Å². The van der Waals surface area contributed by atoms with Gasteiger partial charge in [0, 0.05) is 13.1 Å². The van der Waals surface area contributed by atoms with E-state index in [0.29, 0.717) is 17.9 Å². The van der Waals surface area contributed by atoms with E-state index in [4.69, 9.17) is 4.74 Å². The number of amides is 1. The van der Waals surface area contributed by atoms with Gasteiger partial charge in [0.1, 0.15) is 5.75 Å². The lowest BCUT2D eigenvalue weighted by molar-refractivity contribution is 0.0769. The SMILES string of the molecule is CCOc1ccccc1C(=O)N(CC)CC. The van der Waals surface area contributed by atoms with Crippen molar-refractivity contribution in [1.82, 2.24) is 4.90 Å². The summed E-state index contributed by atoms with van der Waals surface area (Å²) in [4.78, 5) is 13.9. The molecule has 0 spiro atoms. The van der Waals surface area contributed by atoms with Gasteiger partial charge in [-0.3, -0.25) is 4.79 Å². The Labute approximate surface area is 97.0 Å². The van der Waals surface area contributed by atoms with E-state index in [-0.39, 0.29) is 5.91 Å². The molecular formula is C13H19NO2. The molecule has 1 amide bonds. The molecule has 0 atom stereocenters. The van der Waals surface area contributed by atoms with Crippen molar-refractivity contribution >= 4 is 5.91 Å². The predicted molar refractivity (Wildman–Crippen MR) is 64.9 cm³/mol. The van der Waals surface area contributed by atoms with E-state index in [2.05, 4.69) is 0 Å². The molecule has 16 heavy (non-hydrogen) atoms. The minimum Gasteiger partial charge on any atom is -0.493 e. The van der Waals surface area contributed by atoms with Gasteiger partial charge in [-0.25, -0.2) is 0 Å². The van der Waals surface area contributed by atoms with E-state index in [9.17, 15) is 4.79 Å². The first-order valence-electron chi connectivity index (χ1n) is 5.75. The summed E-state index contributed by atoms with van der Waals surface area (Å²) in [6.45, 7) is 7.88. The largest absolute Gasteiger partial charge is 0.493 e. The van der Waals surface area contributed by atoms with Gasteiger partial charge in [-0.2, -0.15) is 0 Å². The Balaban J connectivity index is 2.97. The maximum atomic E-state index is 12.1. The van der Waals surface area contributed by atoms with E-state index in [1.54, 1.807) is 4.90 Å². The molecule has 0 fully saturated rings. The van der Waals surface area contributed by atoms with Gasteiger partial charge in [0.25, 0.3) is 5.91 Å². The molecule has 0 saturated heterocycles. The standard InChI is InChI=1S/C13H19NO2/c1-4-14(5-2)13(15)11-9-7-8-10-12(11)16-6-3/h7-10H,4-6H2,1-3H3. The van der Waals surface area contributed by atoms with Gasteiger partial charge in [0.05, 0.1) is 12.2 Å². The fourth-order valence-corrected chi connectivity index (χ4v) is 1.61. The second-order valence-corrected chi connectivity index (χ2v) is 3.41. The molecule has 0 aliphatic carbocycles. The van der Waals surface area contributed by atoms with E-state index in [1.165, 1.54) is 0 Å². The Bertz CT molecular complexity index is 346. The minimum absolute atomic E-state index is 0.0362. The summed E-state index contributed by atoms with van der Waals surface area (Å²) in [7, 11) is 0. The third-order valence-electron chi connectivity index (χ3n) is 2.47. The summed E-state index contributed by atoms with van der Waals surface area (Å²) in [5.41, 5.74) is 0.646. The molecule has 1 aromatic carbocycles. The molecule has 3 nitrogen and oxygen atoms in total. The molecule has 0 aromatic heterocycles. The Kier molecular flexibility index (Phi) is 4.83. The van der Waals surface area contributed by atoms with Gasteiger partial charge in [0.2, 0.25) is 0 Å². The maximum absolute atomic E-state index is 12.1. The second kappa shape index (κ2) is 6.16. The summed E-state index contributed by atoms with van der Waals surface area (Å²) < 4.78 is 5.45. The van der Waals surface area contributed by atoms with Crippen LogP contribution in [0, 0.1) is 0 Å². The molecule has 0 heterocycles. The van der Waals surface area contributed by atoms with Crippen LogP contribution in [-0.2, 0) is 0 Å². The summed E-state index contributed by atoms with van der Waals surface area (Å²) in [5.74, 6) is 0.705. The van der Waals surface area contributed by atoms with Crippen LogP contribution in [0.25, 0.3) is 0 Å². The van der Waals surface area contributed by atoms with Crippen molar-refractivity contribution in [2.75, 3.05) is 19.7 Å². The average Bonchev–Trinajstić information content (AvgIpc) is 2.31. The van der Waals surface area contributed by atoms with E-state index in [0.717, 1.165) is 13.1 Å². The molecular weight excluding hydrogens is 202 g/mol. The lowest BCUT2D eigenvalue weighted by atomic mass is 10.1. The maximum Gasteiger partial charge on any atom is 0.257 e. The van der Waals surface area contributed by atoms with Gasteiger partial charge in [-0.05, 0) is 32.9 Å². The summed E-state index contributed by atoms with van der Waals surface area (Å²) in [5, 5.41) is 0. The van der Waals surface area contributed by atoms with Crippen LogP contribution in [0.3, 0.4) is 0 Å². The monoisotopic (exact) mass is 221 g/mol. The van der Waals surface area contributed by atoms with Crippen molar-refractivity contribution in [2.45, 2.75) is 20.8 Å². The summed E-state index contributed by atoms with van der Waals surface area (Å²) >= 11 is 0. The van der Waals surface area contributed by atoms with Gasteiger partial charge < -0.3 is 9.64 Å². The molecule has 88 valence electrons. The number of hydrogen-bond donors (Lipinski definition) is 0. The van der Waals surface area contributed by atoms with Gasteiger partial charge in [-0.15, -0.1) is 0 Å². The zero-order valence-corrected chi connectivity index (χ0v) is 10.2.